The molecule has 2 fully saturated rings. The minimum absolute atomic E-state index is 0.0733. The lowest BCUT2D eigenvalue weighted by Gasteiger charge is -2.49. The highest BCUT2D eigenvalue weighted by atomic mass is 16.5. The van der Waals surface area contributed by atoms with E-state index in [4.69, 9.17) is 9.47 Å². The van der Waals surface area contributed by atoms with Crippen LogP contribution >= 0.6 is 0 Å². The van der Waals surface area contributed by atoms with E-state index in [9.17, 15) is 0 Å². The van der Waals surface area contributed by atoms with Crippen LogP contribution in [0.2, 0.25) is 0 Å². The zero-order valence-electron chi connectivity index (χ0n) is 11.2. The van der Waals surface area contributed by atoms with Gasteiger partial charge in [0.05, 0.1) is 11.6 Å². The molecule has 1 aliphatic carbocycles. The van der Waals surface area contributed by atoms with Gasteiger partial charge in [-0.15, -0.1) is 0 Å². The number of morpholine rings is 1. The monoisotopic (exact) mass is 259 g/mol. The van der Waals surface area contributed by atoms with Gasteiger partial charge >= 0.3 is 0 Å². The molecule has 19 heavy (non-hydrogen) atoms. The van der Waals surface area contributed by atoms with Crippen molar-refractivity contribution in [1.82, 2.24) is 5.32 Å². The SMILES string of the molecule is c1ccc2c(c1)OCC1NCC3(CCCCC3)OC21. The highest BCUT2D eigenvalue weighted by Crippen LogP contribution is 2.43. The molecular formula is C16H21NO2. The Morgan fingerprint density at radius 3 is 2.84 bits per heavy atom. The van der Waals surface area contributed by atoms with Crippen LogP contribution in [0.1, 0.15) is 43.8 Å². The summed E-state index contributed by atoms with van der Waals surface area (Å²) in [6.07, 6.45) is 6.53. The van der Waals surface area contributed by atoms with Crippen molar-refractivity contribution in [2.24, 2.45) is 0 Å². The molecule has 102 valence electrons. The fourth-order valence-electron chi connectivity index (χ4n) is 3.76. The van der Waals surface area contributed by atoms with Crippen molar-refractivity contribution < 1.29 is 9.47 Å². The quantitative estimate of drug-likeness (QED) is 0.777. The molecule has 0 aromatic heterocycles. The van der Waals surface area contributed by atoms with Gasteiger partial charge in [-0.2, -0.15) is 0 Å². The zero-order valence-corrected chi connectivity index (χ0v) is 11.2. The van der Waals surface area contributed by atoms with E-state index in [0.717, 1.165) is 18.9 Å². The van der Waals surface area contributed by atoms with Gasteiger partial charge in [0.1, 0.15) is 18.5 Å². The number of fused-ring (bicyclic) bond motifs is 3. The molecule has 1 aromatic rings. The second-order valence-electron chi connectivity index (χ2n) is 6.12. The lowest BCUT2D eigenvalue weighted by Crippen LogP contribution is -2.59. The van der Waals surface area contributed by atoms with Gasteiger partial charge in [-0.25, -0.2) is 0 Å². The Bertz CT molecular complexity index is 468. The maximum atomic E-state index is 6.60. The van der Waals surface area contributed by atoms with E-state index in [-0.39, 0.29) is 11.7 Å². The topological polar surface area (TPSA) is 30.5 Å². The van der Waals surface area contributed by atoms with Gasteiger partial charge in [-0.1, -0.05) is 37.5 Å². The van der Waals surface area contributed by atoms with E-state index in [1.54, 1.807) is 0 Å². The second kappa shape index (κ2) is 4.50. The first kappa shape index (κ1) is 11.7. The van der Waals surface area contributed by atoms with E-state index in [0.29, 0.717) is 6.04 Å². The molecule has 0 amide bonds. The summed E-state index contributed by atoms with van der Waals surface area (Å²) in [6, 6.07) is 8.62. The molecule has 3 heteroatoms. The molecule has 1 saturated heterocycles. The van der Waals surface area contributed by atoms with Crippen LogP contribution in [0.15, 0.2) is 24.3 Å². The van der Waals surface area contributed by atoms with Crippen LogP contribution in [0.3, 0.4) is 0 Å². The van der Waals surface area contributed by atoms with Crippen LogP contribution in [0.4, 0.5) is 0 Å². The van der Waals surface area contributed by atoms with Gasteiger partial charge in [-0.05, 0) is 18.9 Å². The van der Waals surface area contributed by atoms with Crippen molar-refractivity contribution in [1.29, 1.82) is 0 Å². The lowest BCUT2D eigenvalue weighted by molar-refractivity contribution is -0.163. The number of hydrogen-bond donors (Lipinski definition) is 1. The van der Waals surface area contributed by atoms with Crippen molar-refractivity contribution in [2.45, 2.75) is 49.9 Å². The molecule has 1 N–H and O–H groups in total. The fourth-order valence-corrected chi connectivity index (χ4v) is 3.76. The van der Waals surface area contributed by atoms with E-state index in [2.05, 4.69) is 23.5 Å². The summed E-state index contributed by atoms with van der Waals surface area (Å²) >= 11 is 0. The number of para-hydroxylation sites is 1. The minimum atomic E-state index is 0.0733. The van der Waals surface area contributed by atoms with Crippen LogP contribution in [-0.2, 0) is 4.74 Å². The Hall–Kier alpha value is -1.06. The van der Waals surface area contributed by atoms with E-state index in [1.165, 1.54) is 37.7 Å². The highest BCUT2D eigenvalue weighted by molar-refractivity contribution is 5.38. The predicted molar refractivity (Wildman–Crippen MR) is 73.4 cm³/mol. The third-order valence-corrected chi connectivity index (χ3v) is 4.84. The molecule has 1 aromatic carbocycles. The summed E-state index contributed by atoms with van der Waals surface area (Å²) in [6.45, 7) is 1.71. The Morgan fingerprint density at radius 1 is 1.11 bits per heavy atom. The third kappa shape index (κ3) is 1.96. The fraction of sp³-hybridized carbons (Fsp3) is 0.625. The molecule has 1 saturated carbocycles. The van der Waals surface area contributed by atoms with Crippen molar-refractivity contribution in [2.75, 3.05) is 13.2 Å². The van der Waals surface area contributed by atoms with E-state index < -0.39 is 0 Å². The molecule has 3 aliphatic rings. The van der Waals surface area contributed by atoms with Crippen LogP contribution in [0.5, 0.6) is 5.75 Å². The zero-order chi connectivity index (χ0) is 12.7. The van der Waals surface area contributed by atoms with Crippen LogP contribution < -0.4 is 10.1 Å². The first-order valence-electron chi connectivity index (χ1n) is 7.49. The number of benzene rings is 1. The smallest absolute Gasteiger partial charge is 0.125 e. The molecule has 2 atom stereocenters. The van der Waals surface area contributed by atoms with Gasteiger partial charge in [-0.3, -0.25) is 0 Å². The number of hydrogen-bond acceptors (Lipinski definition) is 3. The molecule has 4 rings (SSSR count). The first-order valence-corrected chi connectivity index (χ1v) is 7.49. The van der Waals surface area contributed by atoms with Gasteiger partial charge in [0.2, 0.25) is 0 Å². The van der Waals surface area contributed by atoms with Crippen LogP contribution in [0.25, 0.3) is 0 Å². The third-order valence-electron chi connectivity index (χ3n) is 4.84. The Balaban J connectivity index is 1.65. The van der Waals surface area contributed by atoms with Crippen molar-refractivity contribution >= 4 is 0 Å². The van der Waals surface area contributed by atoms with E-state index in [1.807, 2.05) is 6.07 Å². The average Bonchev–Trinajstić information content (AvgIpc) is 2.48. The molecule has 1 spiro atoms. The molecule has 3 nitrogen and oxygen atoms in total. The molecule has 2 unspecified atom stereocenters. The summed E-state index contributed by atoms with van der Waals surface area (Å²) in [4.78, 5) is 0. The summed E-state index contributed by atoms with van der Waals surface area (Å²) in [5, 5.41) is 3.67. The summed E-state index contributed by atoms with van der Waals surface area (Å²) in [5.74, 6) is 0.999. The van der Waals surface area contributed by atoms with Gasteiger partial charge in [0, 0.05) is 12.1 Å². The summed E-state index contributed by atoms with van der Waals surface area (Å²) in [7, 11) is 0. The van der Waals surface area contributed by atoms with Crippen molar-refractivity contribution in [3.8, 4) is 5.75 Å². The number of rotatable bonds is 0. The molecule has 2 aliphatic heterocycles. The molecule has 0 radical (unpaired) electrons. The molecular weight excluding hydrogens is 238 g/mol. The number of nitrogens with one attached hydrogen (secondary N) is 1. The van der Waals surface area contributed by atoms with Crippen LogP contribution in [-0.4, -0.2) is 24.8 Å². The van der Waals surface area contributed by atoms with Gasteiger partial charge in [0.15, 0.2) is 0 Å². The maximum absolute atomic E-state index is 6.60. The largest absolute Gasteiger partial charge is 0.491 e. The normalized spacial score (nSPS) is 32.2. The first-order chi connectivity index (χ1) is 9.36. The van der Waals surface area contributed by atoms with Crippen molar-refractivity contribution in [3.05, 3.63) is 29.8 Å². The predicted octanol–water partition coefficient (Wildman–Crippen LogP) is 2.81. The van der Waals surface area contributed by atoms with E-state index >= 15 is 0 Å². The summed E-state index contributed by atoms with van der Waals surface area (Å²) in [5.41, 5.74) is 1.29. The highest BCUT2D eigenvalue weighted by Gasteiger charge is 2.45. The average molecular weight is 259 g/mol. The van der Waals surface area contributed by atoms with Gasteiger partial charge in [0.25, 0.3) is 0 Å². The Kier molecular flexibility index (Phi) is 2.78. The standard InChI is InChI=1S/C16H21NO2/c1-4-8-16(9-5-1)11-17-13-10-18-14-7-3-2-6-12(14)15(13)19-16/h2-3,6-7,13,15,17H,1,4-5,8-11H2. The molecule has 2 heterocycles. The summed E-state index contributed by atoms with van der Waals surface area (Å²) < 4.78 is 12.4. The minimum Gasteiger partial charge on any atom is -0.491 e. The van der Waals surface area contributed by atoms with Crippen molar-refractivity contribution in [3.63, 3.8) is 0 Å². The molecule has 0 bridgehead atoms. The number of ether oxygens (including phenoxy) is 2. The Labute approximate surface area is 114 Å². The second-order valence-corrected chi connectivity index (χ2v) is 6.12. The van der Waals surface area contributed by atoms with Gasteiger partial charge < -0.3 is 14.8 Å². The van der Waals surface area contributed by atoms with Crippen LogP contribution in [0, 0.1) is 0 Å². The Morgan fingerprint density at radius 2 is 1.95 bits per heavy atom. The lowest BCUT2D eigenvalue weighted by atomic mass is 9.82. The maximum Gasteiger partial charge on any atom is 0.125 e.